The summed E-state index contributed by atoms with van der Waals surface area (Å²) in [4.78, 5) is 4.25. The zero-order valence-corrected chi connectivity index (χ0v) is 10.9. The SMILES string of the molecule is Cc1nsc(SCc2cc(F)ccc2CN)n1. The quantitative estimate of drug-likeness (QED) is 0.867. The summed E-state index contributed by atoms with van der Waals surface area (Å²) in [5, 5.41) is 0. The summed E-state index contributed by atoms with van der Waals surface area (Å²) in [5.74, 6) is 1.21. The summed E-state index contributed by atoms with van der Waals surface area (Å²) in [7, 11) is 0. The molecule has 3 nitrogen and oxygen atoms in total. The van der Waals surface area contributed by atoms with E-state index in [0.29, 0.717) is 12.3 Å². The van der Waals surface area contributed by atoms with E-state index < -0.39 is 0 Å². The van der Waals surface area contributed by atoms with Crippen LogP contribution in [-0.4, -0.2) is 9.36 Å². The molecule has 0 bridgehead atoms. The van der Waals surface area contributed by atoms with E-state index in [1.807, 2.05) is 6.92 Å². The van der Waals surface area contributed by atoms with Crippen LogP contribution in [-0.2, 0) is 12.3 Å². The second-order valence-corrected chi connectivity index (χ2v) is 5.49. The van der Waals surface area contributed by atoms with E-state index in [-0.39, 0.29) is 5.82 Å². The highest BCUT2D eigenvalue weighted by molar-refractivity contribution is 8.00. The van der Waals surface area contributed by atoms with Crippen LogP contribution >= 0.6 is 23.3 Å². The number of halogens is 1. The molecular formula is C11H12FN3S2. The Balaban J connectivity index is 2.10. The Morgan fingerprint density at radius 2 is 2.24 bits per heavy atom. The third-order valence-corrected chi connectivity index (χ3v) is 4.22. The molecule has 0 aliphatic carbocycles. The summed E-state index contributed by atoms with van der Waals surface area (Å²) in [6.45, 7) is 2.28. The largest absolute Gasteiger partial charge is 0.326 e. The molecule has 0 aliphatic heterocycles. The van der Waals surface area contributed by atoms with Crippen LogP contribution in [0.2, 0.25) is 0 Å². The van der Waals surface area contributed by atoms with Gasteiger partial charge in [-0.15, -0.1) is 0 Å². The van der Waals surface area contributed by atoms with Crippen LogP contribution in [0.3, 0.4) is 0 Å². The first-order valence-electron chi connectivity index (χ1n) is 5.09. The molecule has 0 spiro atoms. The van der Waals surface area contributed by atoms with Crippen molar-refractivity contribution < 1.29 is 4.39 Å². The normalized spacial score (nSPS) is 10.8. The Labute approximate surface area is 107 Å². The molecule has 0 unspecified atom stereocenters. The minimum Gasteiger partial charge on any atom is -0.326 e. The topological polar surface area (TPSA) is 51.8 Å². The van der Waals surface area contributed by atoms with Gasteiger partial charge in [0, 0.05) is 12.3 Å². The van der Waals surface area contributed by atoms with Gasteiger partial charge in [-0.25, -0.2) is 9.37 Å². The maximum absolute atomic E-state index is 13.1. The van der Waals surface area contributed by atoms with Gasteiger partial charge in [-0.3, -0.25) is 0 Å². The summed E-state index contributed by atoms with van der Waals surface area (Å²) < 4.78 is 18.1. The molecule has 0 amide bonds. The summed E-state index contributed by atoms with van der Waals surface area (Å²) in [5.41, 5.74) is 7.51. The van der Waals surface area contributed by atoms with Gasteiger partial charge in [0.1, 0.15) is 11.6 Å². The fraction of sp³-hybridized carbons (Fsp3) is 0.273. The van der Waals surface area contributed by atoms with Gasteiger partial charge in [-0.1, -0.05) is 17.8 Å². The first-order valence-corrected chi connectivity index (χ1v) is 6.85. The van der Waals surface area contributed by atoms with E-state index in [0.717, 1.165) is 21.3 Å². The molecule has 6 heteroatoms. The van der Waals surface area contributed by atoms with Crippen molar-refractivity contribution in [3.63, 3.8) is 0 Å². The van der Waals surface area contributed by atoms with Crippen molar-refractivity contribution in [3.8, 4) is 0 Å². The van der Waals surface area contributed by atoms with Crippen LogP contribution < -0.4 is 5.73 Å². The van der Waals surface area contributed by atoms with Crippen LogP contribution in [0, 0.1) is 12.7 Å². The molecule has 0 saturated carbocycles. The van der Waals surface area contributed by atoms with Crippen molar-refractivity contribution in [2.75, 3.05) is 0 Å². The zero-order valence-electron chi connectivity index (χ0n) is 9.31. The predicted molar refractivity (Wildman–Crippen MR) is 68.5 cm³/mol. The lowest BCUT2D eigenvalue weighted by atomic mass is 10.1. The zero-order chi connectivity index (χ0) is 12.3. The van der Waals surface area contributed by atoms with Crippen molar-refractivity contribution in [3.05, 3.63) is 41.0 Å². The standard InChI is InChI=1S/C11H12FN3S2/c1-7-14-11(17-15-7)16-6-9-4-10(12)3-2-8(9)5-13/h2-4H,5-6,13H2,1H3. The lowest BCUT2D eigenvalue weighted by molar-refractivity contribution is 0.625. The smallest absolute Gasteiger partial charge is 0.170 e. The molecule has 2 rings (SSSR count). The van der Waals surface area contributed by atoms with Gasteiger partial charge in [0.25, 0.3) is 0 Å². The van der Waals surface area contributed by atoms with Crippen molar-refractivity contribution in [1.82, 2.24) is 9.36 Å². The predicted octanol–water partition coefficient (Wildman–Crippen LogP) is 2.74. The van der Waals surface area contributed by atoms with Gasteiger partial charge in [0.15, 0.2) is 4.34 Å². The van der Waals surface area contributed by atoms with E-state index in [1.165, 1.54) is 23.7 Å². The molecule has 1 aromatic carbocycles. The molecule has 2 N–H and O–H groups in total. The first-order chi connectivity index (χ1) is 8.19. The average molecular weight is 269 g/mol. The highest BCUT2D eigenvalue weighted by Crippen LogP contribution is 2.26. The van der Waals surface area contributed by atoms with Crippen LogP contribution in [0.5, 0.6) is 0 Å². The summed E-state index contributed by atoms with van der Waals surface area (Å²) >= 11 is 2.92. The molecule has 0 aliphatic rings. The molecule has 0 saturated heterocycles. The number of thioether (sulfide) groups is 1. The third-order valence-electron chi connectivity index (χ3n) is 2.25. The van der Waals surface area contributed by atoms with E-state index in [9.17, 15) is 4.39 Å². The Morgan fingerprint density at radius 3 is 2.88 bits per heavy atom. The minimum absolute atomic E-state index is 0.230. The second kappa shape index (κ2) is 5.57. The lowest BCUT2D eigenvalue weighted by Crippen LogP contribution is -2.01. The molecule has 17 heavy (non-hydrogen) atoms. The number of hydrogen-bond acceptors (Lipinski definition) is 5. The van der Waals surface area contributed by atoms with Gasteiger partial charge in [-0.2, -0.15) is 4.37 Å². The van der Waals surface area contributed by atoms with Gasteiger partial charge in [-0.05, 0) is 41.7 Å². The van der Waals surface area contributed by atoms with Crippen molar-refractivity contribution >= 4 is 23.3 Å². The number of nitrogens with zero attached hydrogens (tertiary/aromatic N) is 2. The maximum atomic E-state index is 13.1. The molecule has 0 fully saturated rings. The Bertz CT molecular complexity index is 513. The van der Waals surface area contributed by atoms with Crippen LogP contribution in [0.4, 0.5) is 4.39 Å². The van der Waals surface area contributed by atoms with E-state index in [2.05, 4.69) is 9.36 Å². The molecule has 0 radical (unpaired) electrons. The molecule has 1 heterocycles. The molecular weight excluding hydrogens is 257 g/mol. The fourth-order valence-electron chi connectivity index (χ4n) is 1.40. The van der Waals surface area contributed by atoms with Crippen LogP contribution in [0.15, 0.2) is 22.5 Å². The van der Waals surface area contributed by atoms with Gasteiger partial charge in [0.05, 0.1) is 0 Å². The lowest BCUT2D eigenvalue weighted by Gasteiger charge is -2.06. The van der Waals surface area contributed by atoms with Gasteiger partial charge < -0.3 is 5.73 Å². The monoisotopic (exact) mass is 269 g/mol. The molecule has 90 valence electrons. The number of nitrogens with two attached hydrogens (primary N) is 1. The fourth-order valence-corrected chi connectivity index (χ4v) is 3.07. The van der Waals surface area contributed by atoms with E-state index >= 15 is 0 Å². The average Bonchev–Trinajstić information content (AvgIpc) is 2.73. The van der Waals surface area contributed by atoms with Crippen molar-refractivity contribution in [2.45, 2.75) is 23.6 Å². The minimum atomic E-state index is -0.230. The second-order valence-electron chi connectivity index (χ2n) is 3.51. The first kappa shape index (κ1) is 12.5. The number of aromatic nitrogens is 2. The Hall–Kier alpha value is -0.980. The summed E-state index contributed by atoms with van der Waals surface area (Å²) in [6.07, 6.45) is 0. The number of rotatable bonds is 4. The highest BCUT2D eigenvalue weighted by Gasteiger charge is 2.06. The van der Waals surface area contributed by atoms with Gasteiger partial charge >= 0.3 is 0 Å². The number of hydrogen-bond donors (Lipinski definition) is 1. The maximum Gasteiger partial charge on any atom is 0.170 e. The Kier molecular flexibility index (Phi) is 4.09. The number of benzene rings is 1. The molecule has 1 aromatic heterocycles. The van der Waals surface area contributed by atoms with E-state index in [1.54, 1.807) is 17.8 Å². The highest BCUT2D eigenvalue weighted by atomic mass is 32.2. The third kappa shape index (κ3) is 3.24. The Morgan fingerprint density at radius 1 is 1.41 bits per heavy atom. The van der Waals surface area contributed by atoms with Gasteiger partial charge in [0.2, 0.25) is 0 Å². The molecule has 0 atom stereocenters. The van der Waals surface area contributed by atoms with Crippen molar-refractivity contribution in [1.29, 1.82) is 0 Å². The van der Waals surface area contributed by atoms with E-state index in [4.69, 9.17) is 5.73 Å². The van der Waals surface area contributed by atoms with Crippen molar-refractivity contribution in [2.24, 2.45) is 5.73 Å². The summed E-state index contributed by atoms with van der Waals surface area (Å²) in [6, 6.07) is 4.70. The molecule has 2 aromatic rings. The van der Waals surface area contributed by atoms with Crippen LogP contribution in [0.1, 0.15) is 17.0 Å². The van der Waals surface area contributed by atoms with Crippen LogP contribution in [0.25, 0.3) is 0 Å². The number of aryl methyl sites for hydroxylation is 1.